The molecule has 0 atom stereocenters. The number of nitrogens with zero attached hydrogens (tertiary/aromatic N) is 3. The minimum atomic E-state index is -4.09. The number of hydrogen-bond acceptors (Lipinski definition) is 5. The van der Waals surface area contributed by atoms with Crippen molar-refractivity contribution in [2.75, 3.05) is 4.72 Å². The van der Waals surface area contributed by atoms with Crippen LogP contribution in [0.5, 0.6) is 0 Å². The number of aromatic nitrogens is 2. The van der Waals surface area contributed by atoms with Crippen LogP contribution in [0.1, 0.15) is 47.5 Å². The fourth-order valence-corrected chi connectivity index (χ4v) is 8.33. The minimum absolute atomic E-state index is 0.0360. The molecule has 1 N–H and O–H groups in total. The predicted octanol–water partition coefficient (Wildman–Crippen LogP) is 8.65. The van der Waals surface area contributed by atoms with E-state index in [1.807, 2.05) is 55.5 Å². The first-order chi connectivity index (χ1) is 18.9. The average molecular weight is 630 g/mol. The van der Waals surface area contributed by atoms with E-state index in [2.05, 4.69) is 29.7 Å². The maximum atomic E-state index is 13.2. The van der Waals surface area contributed by atoms with Gasteiger partial charge in [0.05, 0.1) is 22.0 Å². The maximum Gasteiger partial charge on any atom is 0.264 e. The zero-order valence-electron chi connectivity index (χ0n) is 21.7. The van der Waals surface area contributed by atoms with Crippen molar-refractivity contribution in [3.8, 4) is 11.8 Å². The van der Waals surface area contributed by atoms with Gasteiger partial charge in [-0.3, -0.25) is 4.72 Å². The Morgan fingerprint density at radius 3 is 2.55 bits per heavy atom. The van der Waals surface area contributed by atoms with Crippen molar-refractivity contribution in [1.29, 1.82) is 5.26 Å². The average Bonchev–Trinajstić information content (AvgIpc) is 3.40. The molecule has 0 fully saturated rings. The highest BCUT2D eigenvalue weighted by atomic mass is 35.5. The van der Waals surface area contributed by atoms with E-state index in [1.165, 1.54) is 29.5 Å². The van der Waals surface area contributed by atoms with Crippen molar-refractivity contribution in [1.82, 2.24) is 9.78 Å². The first-order valence-corrected chi connectivity index (χ1v) is 15.6. The summed E-state index contributed by atoms with van der Waals surface area (Å²) in [6, 6.07) is 16.1. The van der Waals surface area contributed by atoms with Crippen molar-refractivity contribution in [3.05, 3.63) is 103 Å². The van der Waals surface area contributed by atoms with Gasteiger partial charge in [0, 0.05) is 26.4 Å². The molecule has 2 aromatic carbocycles. The lowest BCUT2D eigenvalue weighted by Gasteiger charge is -2.29. The summed E-state index contributed by atoms with van der Waals surface area (Å²) in [6.45, 7) is 6.05. The molecule has 2 aromatic heterocycles. The molecule has 0 amide bonds. The molecule has 0 saturated heterocycles. The van der Waals surface area contributed by atoms with E-state index in [-0.39, 0.29) is 30.9 Å². The lowest BCUT2D eigenvalue weighted by atomic mass is 9.77. The molecular formula is C29H23Cl3N4O2S2. The molecule has 0 radical (unpaired) electrons. The van der Waals surface area contributed by atoms with Gasteiger partial charge in [-0.25, -0.2) is 13.1 Å². The van der Waals surface area contributed by atoms with Crippen molar-refractivity contribution in [2.24, 2.45) is 0 Å². The molecule has 5 rings (SSSR count). The number of nitrogens with one attached hydrogen (secondary N) is 1. The van der Waals surface area contributed by atoms with Crippen LogP contribution in [0.15, 0.2) is 65.1 Å². The Hall–Kier alpha value is -3.06. The molecule has 0 unspecified atom stereocenters. The zero-order chi connectivity index (χ0) is 28.8. The Bertz CT molecular complexity index is 1850. The second-order valence-electron chi connectivity index (χ2n) is 9.99. The summed E-state index contributed by atoms with van der Waals surface area (Å²) in [6.07, 6.45) is 6.52. The van der Waals surface area contributed by atoms with Gasteiger partial charge in [-0.15, -0.1) is 11.3 Å². The van der Waals surface area contributed by atoms with Gasteiger partial charge in [-0.05, 0) is 61.4 Å². The number of rotatable bonds is 6. The molecular weight excluding hydrogens is 607 g/mol. The first kappa shape index (κ1) is 28.5. The van der Waals surface area contributed by atoms with E-state index >= 15 is 0 Å². The van der Waals surface area contributed by atoms with Gasteiger partial charge in [0.25, 0.3) is 10.0 Å². The number of benzene rings is 2. The van der Waals surface area contributed by atoms with Crippen LogP contribution in [-0.2, 0) is 15.4 Å². The quantitative estimate of drug-likeness (QED) is 0.231. The molecule has 0 aliphatic heterocycles. The smallest absolute Gasteiger partial charge is 0.264 e. The fraction of sp³-hybridized carbons (Fsp3) is 0.172. The van der Waals surface area contributed by atoms with Gasteiger partial charge >= 0.3 is 0 Å². The van der Waals surface area contributed by atoms with Crippen LogP contribution in [0.25, 0.3) is 17.8 Å². The van der Waals surface area contributed by atoms with Crippen molar-refractivity contribution in [3.63, 3.8) is 0 Å². The molecule has 4 aromatic rings. The van der Waals surface area contributed by atoms with E-state index < -0.39 is 10.0 Å². The van der Waals surface area contributed by atoms with Crippen LogP contribution in [0.2, 0.25) is 15.2 Å². The summed E-state index contributed by atoms with van der Waals surface area (Å²) < 4.78 is 30.7. The van der Waals surface area contributed by atoms with Crippen LogP contribution in [0.4, 0.5) is 5.00 Å². The predicted molar refractivity (Wildman–Crippen MR) is 164 cm³/mol. The number of allylic oxidation sites excluding steroid dienone is 2. The lowest BCUT2D eigenvalue weighted by Crippen LogP contribution is -2.20. The van der Waals surface area contributed by atoms with E-state index in [1.54, 1.807) is 4.68 Å². The molecule has 204 valence electrons. The molecule has 40 heavy (non-hydrogen) atoms. The van der Waals surface area contributed by atoms with Crippen LogP contribution < -0.4 is 4.72 Å². The van der Waals surface area contributed by atoms with Gasteiger partial charge in [0.1, 0.15) is 21.1 Å². The van der Waals surface area contributed by atoms with Crippen LogP contribution in [0, 0.1) is 18.3 Å². The van der Waals surface area contributed by atoms with Gasteiger partial charge in [0.2, 0.25) is 0 Å². The van der Waals surface area contributed by atoms with E-state index in [0.29, 0.717) is 17.1 Å². The number of aryl methyl sites for hydroxylation is 1. The van der Waals surface area contributed by atoms with E-state index in [9.17, 15) is 13.7 Å². The Balaban J connectivity index is 1.52. The second kappa shape index (κ2) is 10.7. The van der Waals surface area contributed by atoms with E-state index in [0.717, 1.165) is 27.4 Å². The fourth-order valence-electron chi connectivity index (χ4n) is 4.69. The Morgan fingerprint density at radius 1 is 1.12 bits per heavy atom. The molecule has 0 bridgehead atoms. The highest BCUT2D eigenvalue weighted by Crippen LogP contribution is 2.48. The molecule has 0 saturated carbocycles. The number of nitriles is 1. The largest absolute Gasteiger partial charge is 0.269 e. The number of sulfonamides is 1. The van der Waals surface area contributed by atoms with Gasteiger partial charge in [-0.2, -0.15) is 10.4 Å². The molecule has 0 spiro atoms. The third kappa shape index (κ3) is 5.32. The van der Waals surface area contributed by atoms with Crippen LogP contribution >= 0.6 is 46.1 Å². The summed E-state index contributed by atoms with van der Waals surface area (Å²) in [5, 5.41) is 15.7. The number of para-hydroxylation sites is 1. The summed E-state index contributed by atoms with van der Waals surface area (Å²) in [5.74, 6) is 0. The normalized spacial score (nSPS) is 14.6. The topological polar surface area (TPSA) is 87.8 Å². The number of thiophene rings is 1. The highest BCUT2D eigenvalue weighted by Gasteiger charge is 2.34. The minimum Gasteiger partial charge on any atom is -0.269 e. The van der Waals surface area contributed by atoms with Crippen molar-refractivity contribution < 1.29 is 8.42 Å². The molecule has 1 aliphatic carbocycles. The van der Waals surface area contributed by atoms with Crippen molar-refractivity contribution >= 4 is 73.3 Å². The third-order valence-corrected chi connectivity index (χ3v) is 10.6. The number of halogens is 3. The zero-order valence-corrected chi connectivity index (χ0v) is 25.6. The monoisotopic (exact) mass is 628 g/mol. The Labute approximate surface area is 252 Å². The second-order valence-corrected chi connectivity index (χ2v) is 13.9. The lowest BCUT2D eigenvalue weighted by molar-refractivity contribution is 0.531. The summed E-state index contributed by atoms with van der Waals surface area (Å²) >= 11 is 20.1. The first-order valence-electron chi connectivity index (χ1n) is 12.2. The van der Waals surface area contributed by atoms with E-state index in [4.69, 9.17) is 34.8 Å². The SMILES string of the molecule is Cc1nn(-c2ccccc2)c(Cl)c1/C=C\C1=Cc2c(sc(NS(=O)(=O)c3cc(Cl)ccc3Cl)c2C#N)C(C)(C)C1. The summed E-state index contributed by atoms with van der Waals surface area (Å²) in [4.78, 5) is 0.765. The highest BCUT2D eigenvalue weighted by molar-refractivity contribution is 7.93. The van der Waals surface area contributed by atoms with Gasteiger partial charge < -0.3 is 0 Å². The van der Waals surface area contributed by atoms with Crippen LogP contribution in [0.3, 0.4) is 0 Å². The van der Waals surface area contributed by atoms with Gasteiger partial charge in [-0.1, -0.05) is 72.9 Å². The van der Waals surface area contributed by atoms with Gasteiger partial charge in [0.15, 0.2) is 0 Å². The summed E-state index contributed by atoms with van der Waals surface area (Å²) in [5.41, 5.74) is 4.02. The summed E-state index contributed by atoms with van der Waals surface area (Å²) in [7, 11) is -4.09. The third-order valence-electron chi connectivity index (χ3n) is 6.57. The number of anilines is 1. The molecule has 2 heterocycles. The number of hydrogen-bond donors (Lipinski definition) is 1. The number of fused-ring (bicyclic) bond motifs is 1. The standard InChI is InChI=1S/C29H23Cl3N4O2S2/c1-17-21(27(32)36(34-17)20-7-5-4-6-8-20)11-9-18-13-22-23(16-33)28(39-26(22)29(2,3)15-18)35-40(37,38)25-14-19(30)10-12-24(25)31/h4-14,35H,15H2,1-3H3/b11-9-. The molecule has 1 aliphatic rings. The maximum absolute atomic E-state index is 13.2. The van der Waals surface area contributed by atoms with Crippen molar-refractivity contribution in [2.45, 2.75) is 37.5 Å². The molecule has 6 nitrogen and oxygen atoms in total. The molecule has 11 heteroatoms. The Kier molecular flexibility index (Phi) is 7.64. The van der Waals surface area contributed by atoms with Crippen LogP contribution in [-0.4, -0.2) is 18.2 Å². The Morgan fingerprint density at radius 2 is 1.85 bits per heavy atom.